The van der Waals surface area contributed by atoms with Crippen LogP contribution in [-0.4, -0.2) is 71.0 Å². The van der Waals surface area contributed by atoms with Crippen LogP contribution in [0.15, 0.2) is 18.3 Å². The van der Waals surface area contributed by atoms with Gasteiger partial charge in [-0.2, -0.15) is 0 Å². The van der Waals surface area contributed by atoms with Gasteiger partial charge in [-0.1, -0.05) is 12.8 Å². The van der Waals surface area contributed by atoms with Crippen molar-refractivity contribution in [2.45, 2.75) is 82.8 Å². The van der Waals surface area contributed by atoms with Crippen LogP contribution in [0, 0.1) is 17.8 Å². The molecule has 0 spiro atoms. The molecule has 3 saturated heterocycles. The first-order valence-electron chi connectivity index (χ1n) is 13.9. The molecule has 1 amide bonds. The number of carbonyl (C=O) groups excluding carboxylic acids is 2. The van der Waals surface area contributed by atoms with Crippen molar-refractivity contribution in [3.63, 3.8) is 0 Å². The van der Waals surface area contributed by atoms with Gasteiger partial charge < -0.3 is 19.1 Å². The Morgan fingerprint density at radius 2 is 1.76 bits per heavy atom. The second kappa shape index (κ2) is 10.9. The Balaban J connectivity index is 1.09. The summed E-state index contributed by atoms with van der Waals surface area (Å²) in [5.74, 6) is 2.61. The van der Waals surface area contributed by atoms with E-state index in [9.17, 15) is 9.59 Å². The van der Waals surface area contributed by atoms with E-state index >= 15 is 0 Å². The van der Waals surface area contributed by atoms with Gasteiger partial charge in [0.05, 0.1) is 6.10 Å². The van der Waals surface area contributed by atoms with E-state index in [1.807, 2.05) is 34.8 Å². The highest BCUT2D eigenvalue weighted by atomic mass is 16.5. The molecule has 1 aliphatic carbocycles. The highest BCUT2D eigenvalue weighted by molar-refractivity contribution is 5.92. The summed E-state index contributed by atoms with van der Waals surface area (Å²) in [6, 6.07) is 4.49. The highest BCUT2D eigenvalue weighted by Gasteiger charge is 2.37. The molecule has 6 nitrogen and oxygen atoms in total. The number of rotatable bonds is 4. The first-order chi connectivity index (χ1) is 16.6. The normalized spacial score (nSPS) is 30.6. The monoisotopic (exact) mass is 469 g/mol. The number of carbonyl (C=O) groups is 2. The van der Waals surface area contributed by atoms with Crippen molar-refractivity contribution in [1.29, 1.82) is 0 Å². The molecule has 1 aromatic rings. The van der Waals surface area contributed by atoms with Crippen LogP contribution in [0.25, 0.3) is 0 Å². The first kappa shape index (κ1) is 24.1. The molecule has 0 N–H and O–H groups in total. The van der Waals surface area contributed by atoms with Gasteiger partial charge >= 0.3 is 0 Å². The van der Waals surface area contributed by atoms with Crippen LogP contribution in [0.5, 0.6) is 0 Å². The lowest BCUT2D eigenvalue weighted by molar-refractivity contribution is -0.132. The van der Waals surface area contributed by atoms with Crippen molar-refractivity contribution in [1.82, 2.24) is 14.4 Å². The maximum Gasteiger partial charge on any atom is 0.270 e. The fraction of sp³-hybridized carbons (Fsp3) is 0.786. The number of nitrogens with zero attached hydrogens (tertiary/aromatic N) is 3. The molecule has 4 aliphatic rings. The van der Waals surface area contributed by atoms with E-state index in [0.717, 1.165) is 50.4 Å². The zero-order valence-electron chi connectivity index (χ0n) is 21.0. The molecule has 3 atom stereocenters. The van der Waals surface area contributed by atoms with Gasteiger partial charge in [-0.25, -0.2) is 0 Å². The molecule has 4 fully saturated rings. The molecule has 1 unspecified atom stereocenters. The molecule has 34 heavy (non-hydrogen) atoms. The van der Waals surface area contributed by atoms with Crippen molar-refractivity contribution >= 4 is 11.7 Å². The fourth-order valence-electron chi connectivity index (χ4n) is 7.26. The summed E-state index contributed by atoms with van der Waals surface area (Å²) in [4.78, 5) is 29.7. The number of amides is 1. The molecule has 1 aromatic heterocycles. The molecule has 1 saturated carbocycles. The second-order valence-corrected chi connectivity index (χ2v) is 11.4. The summed E-state index contributed by atoms with van der Waals surface area (Å²) in [5.41, 5.74) is 0.792. The minimum Gasteiger partial charge on any atom is -0.370 e. The Morgan fingerprint density at radius 1 is 1.00 bits per heavy atom. The predicted octanol–water partition coefficient (Wildman–Crippen LogP) is 4.29. The number of hydrogen-bond donors (Lipinski definition) is 0. The zero-order valence-corrected chi connectivity index (χ0v) is 21.0. The number of piperidine rings is 2. The van der Waals surface area contributed by atoms with Crippen molar-refractivity contribution in [2.75, 3.05) is 32.8 Å². The first-order valence-corrected chi connectivity index (χ1v) is 13.9. The number of aryl methyl sites for hydroxylation is 1. The van der Waals surface area contributed by atoms with E-state index in [0.29, 0.717) is 42.8 Å². The Labute approximate surface area is 205 Å². The molecule has 0 aromatic carbocycles. The van der Waals surface area contributed by atoms with Crippen LogP contribution in [-0.2, 0) is 16.6 Å². The van der Waals surface area contributed by atoms with Crippen LogP contribution >= 0.6 is 0 Å². The Kier molecular flexibility index (Phi) is 7.74. The second-order valence-electron chi connectivity index (χ2n) is 11.4. The summed E-state index contributed by atoms with van der Waals surface area (Å²) in [6.45, 7) is 4.47. The molecular formula is C28H43N3O3. The average molecular weight is 470 g/mol. The Hall–Kier alpha value is -1.66. The minimum atomic E-state index is 0.173. The molecular weight excluding hydrogens is 426 g/mol. The molecule has 188 valence electrons. The number of aromatic nitrogens is 1. The largest absolute Gasteiger partial charge is 0.370 e. The van der Waals surface area contributed by atoms with E-state index in [2.05, 4.69) is 4.90 Å². The lowest BCUT2D eigenvalue weighted by Gasteiger charge is -2.44. The predicted molar refractivity (Wildman–Crippen MR) is 133 cm³/mol. The molecule has 4 heterocycles. The summed E-state index contributed by atoms with van der Waals surface area (Å²) in [6.07, 6.45) is 15.1. The Morgan fingerprint density at radius 3 is 2.50 bits per heavy atom. The van der Waals surface area contributed by atoms with Crippen LogP contribution in [0.3, 0.4) is 0 Å². The van der Waals surface area contributed by atoms with Gasteiger partial charge in [0.2, 0.25) is 0 Å². The van der Waals surface area contributed by atoms with Gasteiger partial charge in [0.15, 0.2) is 5.78 Å². The molecule has 6 heteroatoms. The van der Waals surface area contributed by atoms with Crippen molar-refractivity contribution in [3.05, 3.63) is 24.0 Å². The molecule has 3 aliphatic heterocycles. The summed E-state index contributed by atoms with van der Waals surface area (Å²) in [5, 5.41) is 0. The fourth-order valence-corrected chi connectivity index (χ4v) is 7.26. The van der Waals surface area contributed by atoms with E-state index in [1.165, 1.54) is 51.6 Å². The number of ether oxygens (including phenoxy) is 1. The Bertz CT molecular complexity index is 836. The third-order valence-corrected chi connectivity index (χ3v) is 9.33. The summed E-state index contributed by atoms with van der Waals surface area (Å²) in [7, 11) is 1.94. The zero-order chi connectivity index (χ0) is 23.5. The maximum atomic E-state index is 12.8. The number of hydrogen-bond acceptors (Lipinski definition) is 4. The van der Waals surface area contributed by atoms with Crippen LogP contribution in [0.4, 0.5) is 0 Å². The SMILES string of the molecule is Cn1cccc1C(=O)N1CCC(N2CCC(CC3CCC(=O)CO[C@H]4CCCC[C@H]34)CC2)CC1. The van der Waals surface area contributed by atoms with Crippen molar-refractivity contribution in [2.24, 2.45) is 24.8 Å². The molecule has 5 rings (SSSR count). The van der Waals surface area contributed by atoms with Gasteiger partial charge in [0.25, 0.3) is 5.91 Å². The smallest absolute Gasteiger partial charge is 0.270 e. The highest BCUT2D eigenvalue weighted by Crippen LogP contribution is 2.40. The standard InChI is InChI=1S/C28H43N3O3/c1-29-14-4-6-26(29)28(33)31-17-12-23(13-18-31)30-15-10-21(11-16-30)19-22-8-9-24(32)20-34-27-7-3-2-5-25(22)27/h4,6,14,21-23,25,27H,2-3,5,7-13,15-20H2,1H3/t22?,25-,27+/m1/s1. The molecule has 0 bridgehead atoms. The third-order valence-electron chi connectivity index (χ3n) is 9.33. The number of likely N-dealkylation sites (tertiary alicyclic amines) is 2. The number of fused-ring (bicyclic) bond motifs is 1. The van der Waals surface area contributed by atoms with Gasteiger partial charge in [-0.3, -0.25) is 9.59 Å². The topological polar surface area (TPSA) is 54.8 Å². The third kappa shape index (κ3) is 5.43. The lowest BCUT2D eigenvalue weighted by Crippen LogP contribution is -2.49. The summed E-state index contributed by atoms with van der Waals surface area (Å²) >= 11 is 0. The van der Waals surface area contributed by atoms with Gasteiger partial charge in [-0.15, -0.1) is 0 Å². The van der Waals surface area contributed by atoms with Crippen LogP contribution in [0.2, 0.25) is 0 Å². The average Bonchev–Trinajstić information content (AvgIpc) is 3.30. The lowest BCUT2D eigenvalue weighted by atomic mass is 9.71. The van der Waals surface area contributed by atoms with E-state index < -0.39 is 0 Å². The van der Waals surface area contributed by atoms with E-state index in [4.69, 9.17) is 4.74 Å². The quantitative estimate of drug-likeness (QED) is 0.660. The van der Waals surface area contributed by atoms with Gasteiger partial charge in [0.1, 0.15) is 12.3 Å². The van der Waals surface area contributed by atoms with Gasteiger partial charge in [0, 0.05) is 38.8 Å². The summed E-state index contributed by atoms with van der Waals surface area (Å²) < 4.78 is 8.01. The number of ketones is 1. The van der Waals surface area contributed by atoms with E-state index in [-0.39, 0.29) is 5.91 Å². The minimum absolute atomic E-state index is 0.173. The van der Waals surface area contributed by atoms with Gasteiger partial charge in [-0.05, 0) is 94.3 Å². The van der Waals surface area contributed by atoms with Crippen molar-refractivity contribution in [3.8, 4) is 0 Å². The van der Waals surface area contributed by atoms with E-state index in [1.54, 1.807) is 0 Å². The van der Waals surface area contributed by atoms with Crippen molar-refractivity contribution < 1.29 is 14.3 Å². The maximum absolute atomic E-state index is 12.8. The number of Topliss-reactive ketones (excluding diaryl/α,β-unsaturated/α-hetero) is 1. The molecule has 0 radical (unpaired) electrons. The van der Waals surface area contributed by atoms with Crippen LogP contribution in [0.1, 0.15) is 81.1 Å². The van der Waals surface area contributed by atoms with Crippen LogP contribution < -0.4 is 0 Å².